The number of rotatable bonds is 3. The molecule has 118 valence electrons. The maximum atomic E-state index is 11.5. The number of hydrogen-bond donors (Lipinski definition) is 2. The minimum Gasteiger partial charge on any atom is -0.351 e. The maximum Gasteiger partial charge on any atom is 0.314 e. The monoisotopic (exact) mass is 283 g/mol. The van der Waals surface area contributed by atoms with Crippen LogP contribution in [0, 0.1) is 16.7 Å². The van der Waals surface area contributed by atoms with Gasteiger partial charge in [0.1, 0.15) is 0 Å². The van der Waals surface area contributed by atoms with Crippen LogP contribution in [0.3, 0.4) is 0 Å². The largest absolute Gasteiger partial charge is 0.351 e. The Labute approximate surface area is 124 Å². The number of nitrogens with zero attached hydrogens (tertiary/aromatic N) is 1. The number of urea groups is 1. The average Bonchev–Trinajstić information content (AvgIpc) is 2.22. The lowest BCUT2D eigenvalue weighted by Crippen LogP contribution is -2.54. The first-order chi connectivity index (χ1) is 8.96. The molecule has 3 N–H and O–H groups in total. The van der Waals surface area contributed by atoms with Gasteiger partial charge in [-0.1, -0.05) is 41.5 Å². The molecule has 2 atom stereocenters. The number of primary amides is 1. The van der Waals surface area contributed by atoms with E-state index in [2.05, 4.69) is 46.9 Å². The fourth-order valence-electron chi connectivity index (χ4n) is 3.00. The molecule has 1 heterocycles. The zero-order valence-corrected chi connectivity index (χ0v) is 14.1. The van der Waals surface area contributed by atoms with E-state index in [9.17, 15) is 4.79 Å². The van der Waals surface area contributed by atoms with E-state index in [-0.39, 0.29) is 11.4 Å². The predicted molar refractivity (Wildman–Crippen MR) is 84.6 cm³/mol. The summed E-state index contributed by atoms with van der Waals surface area (Å²) in [5.41, 5.74) is 6.05. The van der Waals surface area contributed by atoms with Crippen molar-refractivity contribution in [3.05, 3.63) is 0 Å². The van der Waals surface area contributed by atoms with Crippen LogP contribution in [0.1, 0.15) is 54.4 Å². The van der Waals surface area contributed by atoms with Gasteiger partial charge in [0.05, 0.1) is 0 Å². The van der Waals surface area contributed by atoms with Crippen LogP contribution < -0.4 is 11.1 Å². The molecule has 0 bridgehead atoms. The van der Waals surface area contributed by atoms with Gasteiger partial charge in [-0.15, -0.1) is 0 Å². The molecule has 0 saturated carbocycles. The molecular weight excluding hydrogens is 250 g/mol. The van der Waals surface area contributed by atoms with Gasteiger partial charge in [-0.3, -0.25) is 0 Å². The molecule has 2 unspecified atom stereocenters. The SMILES string of the molecule is CC(C)(C)CNC1CC(CC(C)(C)C)CN(C(N)=O)C1. The van der Waals surface area contributed by atoms with Gasteiger partial charge in [-0.2, -0.15) is 0 Å². The molecule has 4 heteroatoms. The normalized spacial score (nSPS) is 24.8. The van der Waals surface area contributed by atoms with Crippen molar-refractivity contribution in [1.29, 1.82) is 0 Å². The van der Waals surface area contributed by atoms with Gasteiger partial charge in [-0.25, -0.2) is 4.79 Å². The van der Waals surface area contributed by atoms with Gasteiger partial charge in [0, 0.05) is 25.7 Å². The number of nitrogens with one attached hydrogen (secondary N) is 1. The highest BCUT2D eigenvalue weighted by molar-refractivity contribution is 5.72. The highest BCUT2D eigenvalue weighted by Crippen LogP contribution is 2.30. The lowest BCUT2D eigenvalue weighted by Gasteiger charge is -2.40. The van der Waals surface area contributed by atoms with Crippen molar-refractivity contribution in [3.8, 4) is 0 Å². The molecule has 1 fully saturated rings. The molecule has 1 saturated heterocycles. The summed E-state index contributed by atoms with van der Waals surface area (Å²) in [5, 5.41) is 3.61. The van der Waals surface area contributed by atoms with Crippen LogP contribution in [0.4, 0.5) is 4.79 Å². The summed E-state index contributed by atoms with van der Waals surface area (Å²) in [4.78, 5) is 13.3. The zero-order valence-electron chi connectivity index (χ0n) is 14.1. The van der Waals surface area contributed by atoms with Crippen molar-refractivity contribution in [3.63, 3.8) is 0 Å². The third kappa shape index (κ3) is 6.60. The van der Waals surface area contributed by atoms with E-state index in [1.165, 1.54) is 0 Å². The topological polar surface area (TPSA) is 58.4 Å². The van der Waals surface area contributed by atoms with Crippen LogP contribution in [0.15, 0.2) is 0 Å². The van der Waals surface area contributed by atoms with E-state index in [1.807, 2.05) is 0 Å². The fourth-order valence-corrected chi connectivity index (χ4v) is 3.00. The van der Waals surface area contributed by atoms with Gasteiger partial charge in [0.15, 0.2) is 0 Å². The second-order valence-electron chi connectivity index (χ2n) is 8.75. The summed E-state index contributed by atoms with van der Waals surface area (Å²) in [7, 11) is 0. The summed E-state index contributed by atoms with van der Waals surface area (Å²) in [6.07, 6.45) is 2.27. The van der Waals surface area contributed by atoms with Gasteiger partial charge in [0.2, 0.25) is 0 Å². The van der Waals surface area contributed by atoms with Gasteiger partial charge in [-0.05, 0) is 29.6 Å². The van der Waals surface area contributed by atoms with Gasteiger partial charge < -0.3 is 16.0 Å². The molecular formula is C16H33N3O. The number of carbonyl (C=O) groups is 1. The van der Waals surface area contributed by atoms with Crippen molar-refractivity contribution in [2.24, 2.45) is 22.5 Å². The fraction of sp³-hybridized carbons (Fsp3) is 0.938. The molecule has 1 aliphatic rings. The summed E-state index contributed by atoms with van der Waals surface area (Å²) >= 11 is 0. The van der Waals surface area contributed by atoms with Crippen LogP contribution in [0.5, 0.6) is 0 Å². The summed E-state index contributed by atoms with van der Waals surface area (Å²) in [5.74, 6) is 0.536. The highest BCUT2D eigenvalue weighted by Gasteiger charge is 2.31. The number of carbonyl (C=O) groups excluding carboxylic acids is 1. The van der Waals surface area contributed by atoms with E-state index in [4.69, 9.17) is 5.73 Å². The molecule has 0 aromatic heterocycles. The Bertz CT molecular complexity index is 328. The Morgan fingerprint density at radius 2 is 1.75 bits per heavy atom. The molecule has 0 aliphatic carbocycles. The molecule has 2 amide bonds. The van der Waals surface area contributed by atoms with Crippen molar-refractivity contribution in [2.45, 2.75) is 60.4 Å². The molecule has 20 heavy (non-hydrogen) atoms. The number of hydrogen-bond acceptors (Lipinski definition) is 2. The van der Waals surface area contributed by atoms with Crippen LogP contribution >= 0.6 is 0 Å². The molecule has 0 radical (unpaired) electrons. The Morgan fingerprint density at radius 1 is 1.15 bits per heavy atom. The van der Waals surface area contributed by atoms with Crippen LogP contribution in [0.25, 0.3) is 0 Å². The van der Waals surface area contributed by atoms with Gasteiger partial charge in [0.25, 0.3) is 0 Å². The lowest BCUT2D eigenvalue weighted by atomic mass is 9.80. The van der Waals surface area contributed by atoms with E-state index < -0.39 is 0 Å². The molecule has 4 nitrogen and oxygen atoms in total. The Balaban J connectivity index is 2.63. The second-order valence-corrected chi connectivity index (χ2v) is 8.75. The first-order valence-corrected chi connectivity index (χ1v) is 7.74. The number of likely N-dealkylation sites (tertiary alicyclic amines) is 1. The zero-order chi connectivity index (χ0) is 15.6. The van der Waals surface area contributed by atoms with Crippen molar-refractivity contribution >= 4 is 6.03 Å². The third-order valence-corrected chi connectivity index (χ3v) is 3.67. The van der Waals surface area contributed by atoms with Crippen LogP contribution in [-0.2, 0) is 0 Å². The lowest BCUT2D eigenvalue weighted by molar-refractivity contribution is 0.126. The maximum absolute atomic E-state index is 11.5. The molecule has 0 spiro atoms. The smallest absolute Gasteiger partial charge is 0.314 e. The number of amides is 2. The Hall–Kier alpha value is -0.770. The van der Waals surface area contributed by atoms with Crippen LogP contribution in [-0.4, -0.2) is 36.6 Å². The van der Waals surface area contributed by atoms with Crippen LogP contribution in [0.2, 0.25) is 0 Å². The van der Waals surface area contributed by atoms with Gasteiger partial charge >= 0.3 is 6.03 Å². The average molecular weight is 283 g/mol. The highest BCUT2D eigenvalue weighted by atomic mass is 16.2. The number of piperidine rings is 1. The van der Waals surface area contributed by atoms with E-state index >= 15 is 0 Å². The second kappa shape index (κ2) is 6.33. The first-order valence-electron chi connectivity index (χ1n) is 7.74. The Kier molecular flexibility index (Phi) is 5.47. The first kappa shape index (κ1) is 17.3. The van der Waals surface area contributed by atoms with Crippen molar-refractivity contribution in [2.75, 3.05) is 19.6 Å². The standard InChI is InChI=1S/C16H33N3O/c1-15(2,3)8-12-7-13(18-11-16(4,5)6)10-19(9-12)14(17)20/h12-13,18H,7-11H2,1-6H3,(H2,17,20). The van der Waals surface area contributed by atoms with Crippen molar-refractivity contribution in [1.82, 2.24) is 10.2 Å². The minimum atomic E-state index is -0.286. The van der Waals surface area contributed by atoms with E-state index in [0.29, 0.717) is 17.4 Å². The molecule has 0 aromatic rings. The predicted octanol–water partition coefficient (Wildman–Crippen LogP) is 2.83. The molecule has 1 aliphatic heterocycles. The molecule has 0 aromatic carbocycles. The molecule has 1 rings (SSSR count). The van der Waals surface area contributed by atoms with E-state index in [0.717, 1.165) is 32.5 Å². The number of nitrogens with two attached hydrogens (primary N) is 1. The third-order valence-electron chi connectivity index (χ3n) is 3.67. The summed E-state index contributed by atoms with van der Waals surface area (Å²) in [6.45, 7) is 16.0. The quantitative estimate of drug-likeness (QED) is 0.836. The van der Waals surface area contributed by atoms with Crippen molar-refractivity contribution < 1.29 is 4.79 Å². The van der Waals surface area contributed by atoms with E-state index in [1.54, 1.807) is 4.90 Å². The summed E-state index contributed by atoms with van der Waals surface area (Å²) in [6, 6.07) is 0.0778. The Morgan fingerprint density at radius 3 is 2.20 bits per heavy atom. The summed E-state index contributed by atoms with van der Waals surface area (Å²) < 4.78 is 0. The minimum absolute atomic E-state index is 0.258.